The quantitative estimate of drug-likeness (QED) is 0.585. The van der Waals surface area contributed by atoms with Crippen molar-refractivity contribution in [2.24, 2.45) is 5.92 Å². The maximum Gasteiger partial charge on any atom is 0.163 e. The number of hydrogen-bond donors (Lipinski definition) is 3. The van der Waals surface area contributed by atoms with Gasteiger partial charge in [0.1, 0.15) is 11.6 Å². The van der Waals surface area contributed by atoms with Gasteiger partial charge in [0, 0.05) is 37.1 Å². The molecule has 1 saturated heterocycles. The fourth-order valence-corrected chi connectivity index (χ4v) is 3.63. The summed E-state index contributed by atoms with van der Waals surface area (Å²) in [7, 11) is 0. The molecule has 0 amide bonds. The minimum Gasteiger partial charge on any atom is -0.370 e. The van der Waals surface area contributed by atoms with Gasteiger partial charge in [-0.3, -0.25) is 4.98 Å². The normalized spacial score (nSPS) is 15.2. The largest absolute Gasteiger partial charge is 0.370 e. The van der Waals surface area contributed by atoms with Crippen LogP contribution in [-0.2, 0) is 6.54 Å². The molecule has 0 spiro atoms. The molecule has 3 aromatic rings. The lowest BCUT2D eigenvalue weighted by molar-refractivity contribution is 0.389. The fraction of sp³-hybridized carbons (Fsp3) is 0.476. The second-order valence-electron chi connectivity index (χ2n) is 7.81. The molecule has 0 radical (unpaired) electrons. The Morgan fingerprint density at radius 3 is 2.82 bits per heavy atom. The highest BCUT2D eigenvalue weighted by atomic mass is 15.3. The number of rotatable bonds is 7. The second-order valence-corrected chi connectivity index (χ2v) is 7.81. The van der Waals surface area contributed by atoms with E-state index in [-0.39, 0.29) is 0 Å². The van der Waals surface area contributed by atoms with Crippen LogP contribution in [0.25, 0.3) is 5.65 Å². The number of hydrogen-bond acceptors (Lipinski definition) is 6. The van der Waals surface area contributed by atoms with Gasteiger partial charge in [0.2, 0.25) is 0 Å². The van der Waals surface area contributed by atoms with E-state index in [0.29, 0.717) is 18.4 Å². The molecular weight excluding hydrogens is 350 g/mol. The first-order valence-corrected chi connectivity index (χ1v) is 10.2. The van der Waals surface area contributed by atoms with Crippen molar-refractivity contribution in [2.45, 2.75) is 39.2 Å². The number of anilines is 2. The predicted octanol–water partition coefficient (Wildman–Crippen LogP) is 3.27. The molecule has 0 bridgehead atoms. The van der Waals surface area contributed by atoms with Gasteiger partial charge in [-0.05, 0) is 49.4 Å². The van der Waals surface area contributed by atoms with Crippen molar-refractivity contribution >= 4 is 17.3 Å². The van der Waals surface area contributed by atoms with Crippen LogP contribution in [0, 0.1) is 5.92 Å². The van der Waals surface area contributed by atoms with Gasteiger partial charge < -0.3 is 16.0 Å². The minimum atomic E-state index is 0.371. The molecule has 1 aliphatic rings. The van der Waals surface area contributed by atoms with E-state index in [1.165, 1.54) is 12.8 Å². The Hall–Kier alpha value is -2.67. The van der Waals surface area contributed by atoms with Crippen LogP contribution in [-0.4, -0.2) is 39.2 Å². The Morgan fingerprint density at radius 1 is 1.21 bits per heavy atom. The van der Waals surface area contributed by atoms with Crippen molar-refractivity contribution in [3.05, 3.63) is 47.9 Å². The lowest BCUT2D eigenvalue weighted by Gasteiger charge is -2.23. The average Bonchev–Trinajstić information content (AvgIpc) is 3.16. The van der Waals surface area contributed by atoms with Crippen molar-refractivity contribution in [2.75, 3.05) is 30.3 Å². The van der Waals surface area contributed by atoms with Gasteiger partial charge in [-0.25, -0.2) is 4.98 Å². The first-order chi connectivity index (χ1) is 13.7. The molecule has 3 N–H and O–H groups in total. The molecule has 0 atom stereocenters. The van der Waals surface area contributed by atoms with Crippen molar-refractivity contribution in [3.63, 3.8) is 0 Å². The fourth-order valence-electron chi connectivity index (χ4n) is 3.63. The molecule has 7 heteroatoms. The van der Waals surface area contributed by atoms with E-state index in [9.17, 15) is 0 Å². The molecular formula is C21H29N7. The van der Waals surface area contributed by atoms with Gasteiger partial charge >= 0.3 is 0 Å². The summed E-state index contributed by atoms with van der Waals surface area (Å²) >= 11 is 0. The second kappa shape index (κ2) is 8.56. The smallest absolute Gasteiger partial charge is 0.163 e. The van der Waals surface area contributed by atoms with Crippen LogP contribution in [0.3, 0.4) is 0 Å². The highest BCUT2D eigenvalue weighted by molar-refractivity contribution is 5.61. The summed E-state index contributed by atoms with van der Waals surface area (Å²) in [4.78, 5) is 9.07. The van der Waals surface area contributed by atoms with Crippen LogP contribution < -0.4 is 16.0 Å². The Morgan fingerprint density at radius 2 is 2.07 bits per heavy atom. The molecule has 0 aromatic carbocycles. The molecule has 4 rings (SSSR count). The maximum absolute atomic E-state index is 4.88. The molecule has 0 unspecified atom stereocenters. The molecule has 3 aromatic heterocycles. The zero-order valence-corrected chi connectivity index (χ0v) is 16.7. The molecule has 148 valence electrons. The van der Waals surface area contributed by atoms with Crippen LogP contribution in [0.1, 0.15) is 43.7 Å². The maximum atomic E-state index is 4.88. The van der Waals surface area contributed by atoms with Crippen molar-refractivity contribution < 1.29 is 0 Å². The highest BCUT2D eigenvalue weighted by Crippen LogP contribution is 2.25. The Kier molecular flexibility index (Phi) is 5.71. The third-order valence-corrected chi connectivity index (χ3v) is 5.35. The SMILES string of the molecule is CC(C)c1cnn2c(NCc3cccnc3)cc(NCC3CCNCC3)nc12. The summed E-state index contributed by atoms with van der Waals surface area (Å²) in [5.74, 6) is 2.91. The van der Waals surface area contributed by atoms with Gasteiger partial charge in [-0.1, -0.05) is 19.9 Å². The van der Waals surface area contributed by atoms with Gasteiger partial charge in [-0.15, -0.1) is 0 Å². The van der Waals surface area contributed by atoms with Crippen LogP contribution >= 0.6 is 0 Å². The number of piperidine rings is 1. The summed E-state index contributed by atoms with van der Waals surface area (Å²) < 4.78 is 1.90. The zero-order valence-electron chi connectivity index (χ0n) is 16.7. The molecule has 28 heavy (non-hydrogen) atoms. The van der Waals surface area contributed by atoms with Crippen molar-refractivity contribution in [3.8, 4) is 0 Å². The minimum absolute atomic E-state index is 0.371. The number of aromatic nitrogens is 4. The molecule has 1 aliphatic heterocycles. The number of nitrogens with one attached hydrogen (secondary N) is 3. The van der Waals surface area contributed by atoms with E-state index in [0.717, 1.165) is 48.0 Å². The van der Waals surface area contributed by atoms with E-state index in [2.05, 4.69) is 52.0 Å². The Bertz CT molecular complexity index is 898. The number of nitrogens with zero attached hydrogens (tertiary/aromatic N) is 4. The number of pyridine rings is 1. The molecule has 1 fully saturated rings. The third kappa shape index (κ3) is 4.25. The summed E-state index contributed by atoms with van der Waals surface area (Å²) in [6.07, 6.45) is 8.03. The van der Waals surface area contributed by atoms with E-state index in [4.69, 9.17) is 4.98 Å². The topological polar surface area (TPSA) is 79.2 Å². The van der Waals surface area contributed by atoms with Gasteiger partial charge in [-0.2, -0.15) is 9.61 Å². The third-order valence-electron chi connectivity index (χ3n) is 5.35. The standard InChI is InChI=1S/C21H29N7/c1-15(2)18-14-26-28-20(25-13-17-4-3-7-23-11-17)10-19(27-21(18)28)24-12-16-5-8-22-9-6-16/h3-4,7,10-11,14-16,22,25H,5-6,8-9,12-13H2,1-2H3,(H,24,27). The van der Waals surface area contributed by atoms with Crippen LogP contribution in [0.2, 0.25) is 0 Å². The lowest BCUT2D eigenvalue weighted by Crippen LogP contribution is -2.31. The lowest BCUT2D eigenvalue weighted by atomic mass is 9.98. The van der Waals surface area contributed by atoms with Gasteiger partial charge in [0.05, 0.1) is 6.20 Å². The first kappa shape index (κ1) is 18.7. The monoisotopic (exact) mass is 379 g/mol. The zero-order chi connectivity index (χ0) is 19.3. The van der Waals surface area contributed by atoms with Crippen LogP contribution in [0.15, 0.2) is 36.8 Å². The molecule has 0 aliphatic carbocycles. The summed E-state index contributed by atoms with van der Waals surface area (Å²) in [6.45, 7) is 8.22. The number of fused-ring (bicyclic) bond motifs is 1. The van der Waals surface area contributed by atoms with E-state index >= 15 is 0 Å². The van der Waals surface area contributed by atoms with Crippen LogP contribution in [0.4, 0.5) is 11.6 Å². The summed E-state index contributed by atoms with van der Waals surface area (Å²) in [5.41, 5.74) is 3.21. The van der Waals surface area contributed by atoms with Gasteiger partial charge in [0.25, 0.3) is 0 Å². The van der Waals surface area contributed by atoms with E-state index < -0.39 is 0 Å². The van der Waals surface area contributed by atoms with E-state index in [1.807, 2.05) is 23.0 Å². The summed E-state index contributed by atoms with van der Waals surface area (Å²) in [5, 5.41) is 15.1. The van der Waals surface area contributed by atoms with Crippen molar-refractivity contribution in [1.82, 2.24) is 24.9 Å². The van der Waals surface area contributed by atoms with E-state index in [1.54, 1.807) is 6.20 Å². The van der Waals surface area contributed by atoms with Gasteiger partial charge in [0.15, 0.2) is 5.65 Å². The van der Waals surface area contributed by atoms with Crippen LogP contribution in [0.5, 0.6) is 0 Å². The predicted molar refractivity (Wildman–Crippen MR) is 113 cm³/mol. The first-order valence-electron chi connectivity index (χ1n) is 10.2. The molecule has 7 nitrogen and oxygen atoms in total. The Balaban J connectivity index is 1.58. The Labute approximate surface area is 166 Å². The molecule has 0 saturated carbocycles. The average molecular weight is 380 g/mol. The summed E-state index contributed by atoms with van der Waals surface area (Å²) in [6, 6.07) is 6.08. The van der Waals surface area contributed by atoms with Crippen molar-refractivity contribution in [1.29, 1.82) is 0 Å². The molecule has 4 heterocycles. The highest BCUT2D eigenvalue weighted by Gasteiger charge is 2.16.